The predicted octanol–water partition coefficient (Wildman–Crippen LogP) is 1.39. The van der Waals surface area contributed by atoms with Gasteiger partial charge in [-0.2, -0.15) is 0 Å². The number of thiophene rings is 1. The van der Waals surface area contributed by atoms with Crippen LogP contribution in [0.5, 0.6) is 0 Å². The van der Waals surface area contributed by atoms with Gasteiger partial charge in [-0.15, -0.1) is 11.3 Å². The van der Waals surface area contributed by atoms with Crippen molar-refractivity contribution in [1.29, 1.82) is 0 Å². The Labute approximate surface area is 119 Å². The Bertz CT molecular complexity index is 407. The third-order valence-corrected chi connectivity index (χ3v) is 4.49. The summed E-state index contributed by atoms with van der Waals surface area (Å²) in [5.74, 6) is 0.203. The molecule has 1 saturated heterocycles. The second-order valence-electron chi connectivity index (χ2n) is 5.42. The molecule has 1 fully saturated rings. The van der Waals surface area contributed by atoms with E-state index in [0.29, 0.717) is 25.2 Å². The second kappa shape index (κ2) is 6.50. The van der Waals surface area contributed by atoms with Gasteiger partial charge in [0, 0.05) is 37.1 Å². The SMILES string of the molecule is CC1CN(CC(=O)N(C)Cc2cccs2)C(C)CN1. The van der Waals surface area contributed by atoms with Crippen LogP contribution in [0.3, 0.4) is 0 Å². The first kappa shape index (κ1) is 14.5. The highest BCUT2D eigenvalue weighted by atomic mass is 32.1. The largest absolute Gasteiger partial charge is 0.340 e. The van der Waals surface area contributed by atoms with Crippen molar-refractivity contribution < 1.29 is 4.79 Å². The summed E-state index contributed by atoms with van der Waals surface area (Å²) in [6.07, 6.45) is 0. The maximum Gasteiger partial charge on any atom is 0.236 e. The first-order valence-electron chi connectivity index (χ1n) is 6.80. The molecule has 5 heteroatoms. The fourth-order valence-electron chi connectivity index (χ4n) is 2.34. The highest BCUT2D eigenvalue weighted by Gasteiger charge is 2.25. The molecule has 1 amide bonds. The summed E-state index contributed by atoms with van der Waals surface area (Å²) in [6, 6.07) is 4.99. The van der Waals surface area contributed by atoms with E-state index in [1.54, 1.807) is 11.3 Å². The molecule has 0 aromatic carbocycles. The summed E-state index contributed by atoms with van der Waals surface area (Å²) in [5.41, 5.74) is 0. The Hall–Kier alpha value is -0.910. The maximum absolute atomic E-state index is 12.3. The Morgan fingerprint density at radius 3 is 3.05 bits per heavy atom. The molecule has 1 aliphatic rings. The van der Waals surface area contributed by atoms with E-state index < -0.39 is 0 Å². The van der Waals surface area contributed by atoms with Crippen LogP contribution in [0.2, 0.25) is 0 Å². The number of hydrogen-bond acceptors (Lipinski definition) is 4. The van der Waals surface area contributed by atoms with Gasteiger partial charge in [-0.3, -0.25) is 9.69 Å². The first-order chi connectivity index (χ1) is 9.06. The molecule has 106 valence electrons. The van der Waals surface area contributed by atoms with Crippen molar-refractivity contribution in [3.05, 3.63) is 22.4 Å². The molecule has 2 unspecified atom stereocenters. The average molecular weight is 281 g/mol. The summed E-state index contributed by atoms with van der Waals surface area (Å²) >= 11 is 1.70. The second-order valence-corrected chi connectivity index (χ2v) is 6.45. The number of likely N-dealkylation sites (N-methyl/N-ethyl adjacent to an activating group) is 1. The quantitative estimate of drug-likeness (QED) is 0.906. The molecular weight excluding hydrogens is 258 g/mol. The lowest BCUT2D eigenvalue weighted by Crippen LogP contribution is -2.56. The third-order valence-electron chi connectivity index (χ3n) is 3.63. The van der Waals surface area contributed by atoms with Crippen LogP contribution in [0.4, 0.5) is 0 Å². The Morgan fingerprint density at radius 2 is 2.37 bits per heavy atom. The van der Waals surface area contributed by atoms with Crippen LogP contribution in [-0.4, -0.2) is 54.5 Å². The van der Waals surface area contributed by atoms with Gasteiger partial charge in [0.05, 0.1) is 13.1 Å². The zero-order chi connectivity index (χ0) is 13.8. The van der Waals surface area contributed by atoms with Crippen LogP contribution in [-0.2, 0) is 11.3 Å². The third kappa shape index (κ3) is 4.03. The molecular formula is C14H23N3OS. The minimum Gasteiger partial charge on any atom is -0.340 e. The minimum atomic E-state index is 0.203. The lowest BCUT2D eigenvalue weighted by atomic mass is 10.1. The van der Waals surface area contributed by atoms with Gasteiger partial charge in [0.2, 0.25) is 5.91 Å². The van der Waals surface area contributed by atoms with Gasteiger partial charge in [-0.05, 0) is 25.3 Å². The molecule has 0 saturated carbocycles. The fraction of sp³-hybridized carbons (Fsp3) is 0.643. The molecule has 0 radical (unpaired) electrons. The molecule has 2 rings (SSSR count). The van der Waals surface area contributed by atoms with Crippen molar-refractivity contribution in [3.8, 4) is 0 Å². The van der Waals surface area contributed by atoms with Crippen LogP contribution < -0.4 is 5.32 Å². The zero-order valence-corrected chi connectivity index (χ0v) is 12.7. The van der Waals surface area contributed by atoms with Crippen LogP contribution in [0.25, 0.3) is 0 Å². The Morgan fingerprint density at radius 1 is 1.58 bits per heavy atom. The van der Waals surface area contributed by atoms with Gasteiger partial charge in [-0.25, -0.2) is 0 Å². The predicted molar refractivity (Wildman–Crippen MR) is 79.3 cm³/mol. The summed E-state index contributed by atoms with van der Waals surface area (Å²) in [6.45, 7) is 7.48. The van der Waals surface area contributed by atoms with Crippen molar-refractivity contribution >= 4 is 17.2 Å². The highest BCUT2D eigenvalue weighted by molar-refractivity contribution is 7.09. The number of amides is 1. The summed E-state index contributed by atoms with van der Waals surface area (Å²) in [5, 5.41) is 5.48. The van der Waals surface area contributed by atoms with Crippen LogP contribution in [0.1, 0.15) is 18.7 Å². The molecule has 0 bridgehead atoms. The smallest absolute Gasteiger partial charge is 0.236 e. The van der Waals surface area contributed by atoms with Gasteiger partial charge in [-0.1, -0.05) is 6.07 Å². The number of rotatable bonds is 4. The summed E-state index contributed by atoms with van der Waals surface area (Å²) in [7, 11) is 1.89. The minimum absolute atomic E-state index is 0.203. The lowest BCUT2D eigenvalue weighted by molar-refractivity contribution is -0.132. The van der Waals surface area contributed by atoms with E-state index in [0.717, 1.165) is 13.1 Å². The monoisotopic (exact) mass is 281 g/mol. The number of hydrogen-bond donors (Lipinski definition) is 1. The van der Waals surface area contributed by atoms with Gasteiger partial charge >= 0.3 is 0 Å². The number of nitrogens with zero attached hydrogens (tertiary/aromatic N) is 2. The molecule has 1 N–H and O–H groups in total. The normalized spacial score (nSPS) is 24.4. The number of piperazine rings is 1. The molecule has 0 spiro atoms. The van der Waals surface area contributed by atoms with E-state index in [4.69, 9.17) is 0 Å². The van der Waals surface area contributed by atoms with E-state index in [-0.39, 0.29) is 5.91 Å². The van der Waals surface area contributed by atoms with Crippen molar-refractivity contribution in [3.63, 3.8) is 0 Å². The van der Waals surface area contributed by atoms with E-state index in [9.17, 15) is 4.79 Å². The van der Waals surface area contributed by atoms with Crippen LogP contribution in [0.15, 0.2) is 17.5 Å². The first-order valence-corrected chi connectivity index (χ1v) is 7.68. The zero-order valence-electron chi connectivity index (χ0n) is 11.9. The molecule has 1 aliphatic heterocycles. The maximum atomic E-state index is 12.3. The number of carbonyl (C=O) groups is 1. The van der Waals surface area contributed by atoms with E-state index >= 15 is 0 Å². The molecule has 19 heavy (non-hydrogen) atoms. The average Bonchev–Trinajstić information content (AvgIpc) is 2.86. The summed E-state index contributed by atoms with van der Waals surface area (Å²) < 4.78 is 0. The standard InChI is InChI=1S/C14H23N3OS/c1-11-8-17(12(2)7-15-11)10-14(18)16(3)9-13-5-4-6-19-13/h4-6,11-12,15H,7-10H2,1-3H3. The van der Waals surface area contributed by atoms with Gasteiger partial charge in [0.1, 0.15) is 0 Å². The van der Waals surface area contributed by atoms with E-state index in [1.165, 1.54) is 4.88 Å². The lowest BCUT2D eigenvalue weighted by Gasteiger charge is -2.37. The Balaban J connectivity index is 1.85. The number of nitrogens with one attached hydrogen (secondary N) is 1. The van der Waals surface area contributed by atoms with E-state index in [2.05, 4.69) is 30.1 Å². The van der Waals surface area contributed by atoms with Crippen LogP contribution in [0, 0.1) is 0 Å². The van der Waals surface area contributed by atoms with Crippen molar-refractivity contribution in [2.24, 2.45) is 0 Å². The molecule has 4 nitrogen and oxygen atoms in total. The molecule has 1 aromatic heterocycles. The van der Waals surface area contributed by atoms with E-state index in [1.807, 2.05) is 23.4 Å². The summed E-state index contributed by atoms with van der Waals surface area (Å²) in [4.78, 5) is 17.6. The van der Waals surface area contributed by atoms with Crippen molar-refractivity contribution in [2.45, 2.75) is 32.5 Å². The number of carbonyl (C=O) groups excluding carboxylic acids is 1. The van der Waals surface area contributed by atoms with Crippen molar-refractivity contribution in [2.75, 3.05) is 26.7 Å². The fourth-order valence-corrected chi connectivity index (χ4v) is 3.09. The van der Waals surface area contributed by atoms with Gasteiger partial charge < -0.3 is 10.2 Å². The molecule has 2 atom stereocenters. The molecule has 0 aliphatic carbocycles. The van der Waals surface area contributed by atoms with Crippen molar-refractivity contribution in [1.82, 2.24) is 15.1 Å². The van der Waals surface area contributed by atoms with Crippen LogP contribution >= 0.6 is 11.3 Å². The van der Waals surface area contributed by atoms with Gasteiger partial charge in [0.25, 0.3) is 0 Å². The highest BCUT2D eigenvalue weighted by Crippen LogP contribution is 2.12. The Kier molecular flexibility index (Phi) is 4.96. The molecule has 1 aromatic rings. The topological polar surface area (TPSA) is 35.6 Å². The molecule has 2 heterocycles. The van der Waals surface area contributed by atoms with Gasteiger partial charge in [0.15, 0.2) is 0 Å².